The van der Waals surface area contributed by atoms with Crippen LogP contribution < -0.4 is 5.32 Å². The van der Waals surface area contributed by atoms with E-state index >= 15 is 0 Å². The minimum atomic E-state index is 0.133. The Morgan fingerprint density at radius 2 is 1.74 bits per heavy atom. The Hall–Kier alpha value is -2.69. The van der Waals surface area contributed by atoms with Gasteiger partial charge in [-0.05, 0) is 42.2 Å². The van der Waals surface area contributed by atoms with Crippen molar-refractivity contribution in [3.05, 3.63) is 53.9 Å². The molecular formula is C18H20N4O. The number of hydrogen-bond donors (Lipinski definition) is 1. The lowest BCUT2D eigenvalue weighted by molar-refractivity contribution is 0.586. The summed E-state index contributed by atoms with van der Waals surface area (Å²) < 4.78 is 5.68. The molecule has 0 aliphatic rings. The highest BCUT2D eigenvalue weighted by atomic mass is 16.4. The van der Waals surface area contributed by atoms with Gasteiger partial charge in [-0.15, -0.1) is 5.10 Å². The van der Waals surface area contributed by atoms with Gasteiger partial charge in [-0.2, -0.15) is 0 Å². The van der Waals surface area contributed by atoms with Gasteiger partial charge in [0.05, 0.1) is 5.56 Å². The van der Waals surface area contributed by atoms with E-state index in [1.807, 2.05) is 31.2 Å². The molecule has 0 saturated carbocycles. The van der Waals surface area contributed by atoms with E-state index in [-0.39, 0.29) is 5.41 Å². The van der Waals surface area contributed by atoms with E-state index in [1.54, 1.807) is 6.20 Å². The summed E-state index contributed by atoms with van der Waals surface area (Å²) in [6.45, 7) is 8.49. The first-order valence-corrected chi connectivity index (χ1v) is 7.56. The summed E-state index contributed by atoms with van der Waals surface area (Å²) in [4.78, 5) is 4.23. The quantitative estimate of drug-likeness (QED) is 0.772. The second-order valence-electron chi connectivity index (χ2n) is 6.50. The summed E-state index contributed by atoms with van der Waals surface area (Å²) in [7, 11) is 0. The van der Waals surface area contributed by atoms with E-state index in [0.717, 1.165) is 16.9 Å². The fourth-order valence-corrected chi connectivity index (χ4v) is 2.27. The summed E-state index contributed by atoms with van der Waals surface area (Å²) in [5, 5.41) is 11.3. The molecule has 118 valence electrons. The molecule has 0 aliphatic heterocycles. The van der Waals surface area contributed by atoms with Crippen LogP contribution in [0.15, 0.2) is 47.0 Å². The van der Waals surface area contributed by atoms with Gasteiger partial charge in [-0.25, -0.2) is 0 Å². The average molecular weight is 308 g/mol. The zero-order chi connectivity index (χ0) is 16.4. The summed E-state index contributed by atoms with van der Waals surface area (Å²) in [5.74, 6) is 0.462. The number of rotatable bonds is 3. The van der Waals surface area contributed by atoms with Crippen molar-refractivity contribution in [2.45, 2.75) is 33.1 Å². The first kappa shape index (κ1) is 15.2. The van der Waals surface area contributed by atoms with E-state index < -0.39 is 0 Å². The largest absolute Gasteiger partial charge is 0.403 e. The zero-order valence-corrected chi connectivity index (χ0v) is 13.8. The van der Waals surface area contributed by atoms with Crippen LogP contribution in [0.3, 0.4) is 0 Å². The molecule has 1 aromatic carbocycles. The molecule has 0 bridgehead atoms. The molecule has 2 heterocycles. The van der Waals surface area contributed by atoms with Gasteiger partial charge in [0.1, 0.15) is 0 Å². The van der Waals surface area contributed by atoms with Crippen molar-refractivity contribution >= 4 is 11.7 Å². The van der Waals surface area contributed by atoms with E-state index in [1.165, 1.54) is 5.56 Å². The van der Waals surface area contributed by atoms with E-state index in [4.69, 9.17) is 4.42 Å². The molecule has 0 aliphatic carbocycles. The van der Waals surface area contributed by atoms with Gasteiger partial charge in [0.2, 0.25) is 0 Å². The van der Waals surface area contributed by atoms with Crippen molar-refractivity contribution in [2.24, 2.45) is 0 Å². The normalized spacial score (nSPS) is 11.5. The van der Waals surface area contributed by atoms with Crippen LogP contribution in [-0.2, 0) is 5.41 Å². The van der Waals surface area contributed by atoms with Crippen molar-refractivity contribution in [2.75, 3.05) is 5.32 Å². The Kier molecular flexibility index (Phi) is 3.86. The number of nitrogens with one attached hydrogen (secondary N) is 1. The number of hydrogen-bond acceptors (Lipinski definition) is 5. The summed E-state index contributed by atoms with van der Waals surface area (Å²) in [6, 6.07) is 12.4. The highest BCUT2D eigenvalue weighted by Gasteiger charge is 2.14. The van der Waals surface area contributed by atoms with Crippen LogP contribution in [-0.4, -0.2) is 15.2 Å². The minimum absolute atomic E-state index is 0.133. The van der Waals surface area contributed by atoms with Crippen molar-refractivity contribution in [3.63, 3.8) is 0 Å². The topological polar surface area (TPSA) is 63.8 Å². The van der Waals surface area contributed by atoms with Crippen molar-refractivity contribution in [1.82, 2.24) is 15.2 Å². The van der Waals surface area contributed by atoms with Crippen LogP contribution in [0.4, 0.5) is 11.7 Å². The predicted octanol–water partition coefficient (Wildman–Crippen LogP) is 4.48. The van der Waals surface area contributed by atoms with E-state index in [2.05, 4.69) is 53.4 Å². The molecule has 0 saturated heterocycles. The Labute approximate surface area is 135 Å². The highest BCUT2D eigenvalue weighted by molar-refractivity contribution is 5.58. The molecule has 0 amide bonds. The molecule has 5 nitrogen and oxygen atoms in total. The maximum absolute atomic E-state index is 5.68. The molecule has 2 aromatic heterocycles. The first-order chi connectivity index (χ1) is 10.9. The maximum atomic E-state index is 5.68. The SMILES string of the molecule is Cc1ncccc1-c1nnc(Nc2ccc(C(C)(C)C)cc2)o1. The lowest BCUT2D eigenvalue weighted by Crippen LogP contribution is -2.10. The second kappa shape index (κ2) is 5.83. The van der Waals surface area contributed by atoms with Crippen LogP contribution in [0.2, 0.25) is 0 Å². The molecule has 0 fully saturated rings. The molecule has 3 aromatic rings. The summed E-state index contributed by atoms with van der Waals surface area (Å²) in [6.07, 6.45) is 1.74. The molecule has 1 N–H and O–H groups in total. The van der Waals surface area contributed by atoms with Crippen molar-refractivity contribution in [3.8, 4) is 11.5 Å². The lowest BCUT2D eigenvalue weighted by Gasteiger charge is -2.19. The van der Waals surface area contributed by atoms with Crippen molar-refractivity contribution in [1.29, 1.82) is 0 Å². The number of aryl methyl sites for hydroxylation is 1. The number of anilines is 2. The van der Waals surface area contributed by atoms with Crippen LogP contribution in [0.25, 0.3) is 11.5 Å². The number of benzene rings is 1. The summed E-state index contributed by atoms with van der Waals surface area (Å²) >= 11 is 0. The number of nitrogens with zero attached hydrogens (tertiary/aromatic N) is 3. The smallest absolute Gasteiger partial charge is 0.320 e. The highest BCUT2D eigenvalue weighted by Crippen LogP contribution is 2.26. The lowest BCUT2D eigenvalue weighted by atomic mass is 9.87. The van der Waals surface area contributed by atoms with Gasteiger partial charge in [0.25, 0.3) is 5.89 Å². The van der Waals surface area contributed by atoms with Crippen LogP contribution in [0.1, 0.15) is 32.0 Å². The predicted molar refractivity (Wildman–Crippen MR) is 90.7 cm³/mol. The van der Waals surface area contributed by atoms with Crippen molar-refractivity contribution < 1.29 is 4.42 Å². The fraction of sp³-hybridized carbons (Fsp3) is 0.278. The molecule has 0 radical (unpaired) electrons. The van der Waals surface area contributed by atoms with Gasteiger partial charge in [0, 0.05) is 17.6 Å². The van der Waals surface area contributed by atoms with E-state index in [9.17, 15) is 0 Å². The molecule has 3 rings (SSSR count). The molecule has 0 atom stereocenters. The van der Waals surface area contributed by atoms with E-state index in [0.29, 0.717) is 11.9 Å². The first-order valence-electron chi connectivity index (χ1n) is 7.56. The molecule has 23 heavy (non-hydrogen) atoms. The molecule has 0 spiro atoms. The Morgan fingerprint density at radius 3 is 2.39 bits per heavy atom. The third-order valence-corrected chi connectivity index (χ3v) is 3.66. The Bertz CT molecular complexity index is 800. The minimum Gasteiger partial charge on any atom is -0.403 e. The Morgan fingerprint density at radius 1 is 1.00 bits per heavy atom. The molecular weight excluding hydrogens is 288 g/mol. The fourth-order valence-electron chi connectivity index (χ4n) is 2.27. The van der Waals surface area contributed by atoms with Gasteiger partial charge in [0.15, 0.2) is 0 Å². The zero-order valence-electron chi connectivity index (χ0n) is 13.8. The average Bonchev–Trinajstić information content (AvgIpc) is 2.95. The third-order valence-electron chi connectivity index (χ3n) is 3.66. The van der Waals surface area contributed by atoms with Crippen LogP contribution in [0, 0.1) is 6.92 Å². The maximum Gasteiger partial charge on any atom is 0.320 e. The third kappa shape index (κ3) is 3.39. The standard InChI is InChI=1S/C18H20N4O/c1-12-15(6-5-11-19-12)16-21-22-17(23-16)20-14-9-7-13(8-10-14)18(2,3)4/h5-11H,1-4H3,(H,20,22). The monoisotopic (exact) mass is 308 g/mol. The molecule has 0 unspecified atom stereocenters. The van der Waals surface area contributed by atoms with Gasteiger partial charge in [-0.1, -0.05) is 38.0 Å². The van der Waals surface area contributed by atoms with Crippen LogP contribution >= 0.6 is 0 Å². The van der Waals surface area contributed by atoms with Gasteiger partial charge < -0.3 is 9.73 Å². The second-order valence-corrected chi connectivity index (χ2v) is 6.50. The Balaban J connectivity index is 1.78. The number of pyridine rings is 1. The summed E-state index contributed by atoms with van der Waals surface area (Å²) in [5.41, 5.74) is 4.03. The van der Waals surface area contributed by atoms with Gasteiger partial charge in [-0.3, -0.25) is 4.98 Å². The molecule has 5 heteroatoms. The van der Waals surface area contributed by atoms with Crippen LogP contribution in [0.5, 0.6) is 0 Å². The number of aromatic nitrogens is 3. The van der Waals surface area contributed by atoms with Gasteiger partial charge >= 0.3 is 6.01 Å².